The fourth-order valence-corrected chi connectivity index (χ4v) is 5.30. The minimum absolute atomic E-state index is 0.104. The van der Waals surface area contributed by atoms with E-state index in [1.54, 1.807) is 6.07 Å². The summed E-state index contributed by atoms with van der Waals surface area (Å²) in [5.41, 5.74) is 6.10. The van der Waals surface area contributed by atoms with E-state index < -0.39 is 46.9 Å². The fourth-order valence-electron chi connectivity index (χ4n) is 3.69. The lowest BCUT2D eigenvalue weighted by Crippen LogP contribution is -2.53. The van der Waals surface area contributed by atoms with Gasteiger partial charge in [0.1, 0.15) is 0 Å². The number of halogens is 3. The molecule has 0 aliphatic carbocycles. The van der Waals surface area contributed by atoms with Gasteiger partial charge in [-0.15, -0.1) is 0 Å². The number of piperidine rings is 1. The smallest absolute Gasteiger partial charge is 0.378 e. The molecule has 2 atom stereocenters. The number of nitrogens with two attached hydrogens (primary N) is 1. The largest absolute Gasteiger partial charge is 0.393 e. The molecular formula is C18H24F3N3O4S. The van der Waals surface area contributed by atoms with E-state index in [1.807, 2.05) is 0 Å². The van der Waals surface area contributed by atoms with E-state index in [2.05, 4.69) is 0 Å². The lowest BCUT2D eigenvalue weighted by Gasteiger charge is -2.39. The molecule has 1 unspecified atom stereocenters. The van der Waals surface area contributed by atoms with Gasteiger partial charge in [-0.25, -0.2) is 8.42 Å². The van der Waals surface area contributed by atoms with Gasteiger partial charge in [0.05, 0.1) is 29.9 Å². The van der Waals surface area contributed by atoms with Gasteiger partial charge in [0.25, 0.3) is 0 Å². The van der Waals surface area contributed by atoms with E-state index >= 15 is 0 Å². The summed E-state index contributed by atoms with van der Waals surface area (Å²) in [5, 5.41) is 0. The number of benzene rings is 1. The third kappa shape index (κ3) is 4.90. The molecular weight excluding hydrogens is 411 g/mol. The lowest BCUT2D eigenvalue weighted by atomic mass is 9.89. The molecule has 2 heterocycles. The molecule has 2 fully saturated rings. The van der Waals surface area contributed by atoms with Gasteiger partial charge >= 0.3 is 6.18 Å². The Bertz CT molecular complexity index is 841. The SMILES string of the molecule is NCc1cccc(S(=O)(=O)N2CC(C(F)(F)F)C[C@@H](C(=O)N3CCOCC3)C2)c1. The van der Waals surface area contributed by atoms with Crippen molar-refractivity contribution in [1.29, 1.82) is 0 Å². The Morgan fingerprint density at radius 3 is 2.52 bits per heavy atom. The number of hydrogen-bond donors (Lipinski definition) is 1. The third-order valence-corrected chi connectivity index (χ3v) is 7.15. The Morgan fingerprint density at radius 2 is 1.90 bits per heavy atom. The van der Waals surface area contributed by atoms with E-state index in [4.69, 9.17) is 10.5 Å². The molecule has 1 amide bonds. The van der Waals surface area contributed by atoms with Crippen LogP contribution in [0.3, 0.4) is 0 Å². The number of carbonyl (C=O) groups excluding carboxylic acids is 1. The maximum atomic E-state index is 13.5. The van der Waals surface area contributed by atoms with Crippen LogP contribution in [0.2, 0.25) is 0 Å². The van der Waals surface area contributed by atoms with Gasteiger partial charge in [0, 0.05) is 32.7 Å². The van der Waals surface area contributed by atoms with Gasteiger partial charge in [-0.3, -0.25) is 4.79 Å². The van der Waals surface area contributed by atoms with Crippen molar-refractivity contribution < 1.29 is 31.1 Å². The first-order chi connectivity index (χ1) is 13.6. The van der Waals surface area contributed by atoms with Crippen molar-refractivity contribution in [3.05, 3.63) is 29.8 Å². The van der Waals surface area contributed by atoms with Gasteiger partial charge < -0.3 is 15.4 Å². The second kappa shape index (κ2) is 8.58. The lowest BCUT2D eigenvalue weighted by molar-refractivity contribution is -0.189. The van der Waals surface area contributed by atoms with Crippen molar-refractivity contribution in [3.63, 3.8) is 0 Å². The quantitative estimate of drug-likeness (QED) is 0.767. The molecule has 1 aromatic carbocycles. The molecule has 0 radical (unpaired) electrons. The van der Waals surface area contributed by atoms with E-state index in [0.29, 0.717) is 18.8 Å². The summed E-state index contributed by atoms with van der Waals surface area (Å²) in [6, 6.07) is 5.81. The Balaban J connectivity index is 1.89. The zero-order valence-corrected chi connectivity index (χ0v) is 16.6. The average molecular weight is 435 g/mol. The highest BCUT2D eigenvalue weighted by Crippen LogP contribution is 2.38. The summed E-state index contributed by atoms with van der Waals surface area (Å²) < 4.78 is 72.6. The van der Waals surface area contributed by atoms with E-state index in [-0.39, 0.29) is 31.1 Å². The number of amides is 1. The molecule has 11 heteroatoms. The first kappa shape index (κ1) is 22.0. The fraction of sp³-hybridized carbons (Fsp3) is 0.611. The standard InChI is InChI=1S/C18H24F3N3O4S/c19-18(20,21)15-9-14(17(25)23-4-6-28-7-5-23)11-24(12-15)29(26,27)16-3-1-2-13(8-16)10-22/h1-3,8,14-15H,4-7,9-12,22H2/t14-,15?/m1/s1. The zero-order chi connectivity index (χ0) is 21.2. The summed E-state index contributed by atoms with van der Waals surface area (Å²) in [6.45, 7) is 0.328. The van der Waals surface area contributed by atoms with Gasteiger partial charge in [0.2, 0.25) is 15.9 Å². The van der Waals surface area contributed by atoms with Crippen LogP contribution in [0.1, 0.15) is 12.0 Å². The highest BCUT2D eigenvalue weighted by molar-refractivity contribution is 7.89. The molecule has 3 rings (SSSR count). The number of sulfonamides is 1. The maximum Gasteiger partial charge on any atom is 0.393 e. The number of rotatable bonds is 4. The van der Waals surface area contributed by atoms with E-state index in [9.17, 15) is 26.4 Å². The molecule has 0 spiro atoms. The molecule has 162 valence electrons. The molecule has 2 aliphatic heterocycles. The minimum atomic E-state index is -4.60. The van der Waals surface area contributed by atoms with Gasteiger partial charge in [-0.1, -0.05) is 12.1 Å². The predicted octanol–water partition coefficient (Wildman–Crippen LogP) is 1.19. The Labute approximate surface area is 167 Å². The molecule has 1 aromatic rings. The zero-order valence-electron chi connectivity index (χ0n) is 15.8. The summed E-state index contributed by atoms with van der Waals surface area (Å²) in [4.78, 5) is 14.1. The van der Waals surface area contributed by atoms with Crippen molar-refractivity contribution in [3.8, 4) is 0 Å². The van der Waals surface area contributed by atoms with E-state index in [0.717, 1.165) is 4.31 Å². The number of morpholine rings is 1. The van der Waals surface area contributed by atoms with Crippen LogP contribution in [0, 0.1) is 11.8 Å². The molecule has 0 saturated carbocycles. The predicted molar refractivity (Wildman–Crippen MR) is 98.1 cm³/mol. The number of carbonyl (C=O) groups is 1. The van der Waals surface area contributed by atoms with Gasteiger partial charge in [-0.05, 0) is 24.1 Å². The maximum absolute atomic E-state index is 13.5. The molecule has 7 nitrogen and oxygen atoms in total. The normalized spacial score (nSPS) is 24.5. The van der Waals surface area contributed by atoms with Crippen molar-refractivity contribution in [1.82, 2.24) is 9.21 Å². The van der Waals surface area contributed by atoms with Crippen LogP contribution in [0.25, 0.3) is 0 Å². The highest BCUT2D eigenvalue weighted by Gasteiger charge is 2.49. The second-order valence-electron chi connectivity index (χ2n) is 7.28. The summed E-state index contributed by atoms with van der Waals surface area (Å²) in [5.74, 6) is -3.42. The third-order valence-electron chi connectivity index (χ3n) is 5.32. The summed E-state index contributed by atoms with van der Waals surface area (Å²) >= 11 is 0. The van der Waals surface area contributed by atoms with Crippen molar-refractivity contribution in [2.75, 3.05) is 39.4 Å². The molecule has 2 N–H and O–H groups in total. The van der Waals surface area contributed by atoms with Gasteiger partial charge in [-0.2, -0.15) is 17.5 Å². The van der Waals surface area contributed by atoms with Gasteiger partial charge in [0.15, 0.2) is 0 Å². The summed E-state index contributed by atoms with van der Waals surface area (Å²) in [6.07, 6.45) is -5.02. The molecule has 29 heavy (non-hydrogen) atoms. The molecule has 2 aliphatic rings. The van der Waals surface area contributed by atoms with Crippen molar-refractivity contribution in [2.24, 2.45) is 17.6 Å². The number of ether oxygens (including phenoxy) is 1. The first-order valence-electron chi connectivity index (χ1n) is 9.35. The second-order valence-corrected chi connectivity index (χ2v) is 9.22. The number of alkyl halides is 3. The Morgan fingerprint density at radius 1 is 1.21 bits per heavy atom. The minimum Gasteiger partial charge on any atom is -0.378 e. The topological polar surface area (TPSA) is 92.9 Å². The van der Waals surface area contributed by atoms with Crippen LogP contribution >= 0.6 is 0 Å². The molecule has 0 bridgehead atoms. The number of hydrogen-bond acceptors (Lipinski definition) is 5. The van der Waals surface area contributed by atoms with Crippen LogP contribution in [0.15, 0.2) is 29.2 Å². The molecule has 2 saturated heterocycles. The monoisotopic (exact) mass is 435 g/mol. The highest BCUT2D eigenvalue weighted by atomic mass is 32.2. The first-order valence-corrected chi connectivity index (χ1v) is 10.8. The Hall–Kier alpha value is -1.69. The number of nitrogens with zero attached hydrogens (tertiary/aromatic N) is 2. The van der Waals surface area contributed by atoms with Crippen molar-refractivity contribution >= 4 is 15.9 Å². The molecule has 0 aromatic heterocycles. The average Bonchev–Trinajstić information content (AvgIpc) is 2.73. The Kier molecular flexibility index (Phi) is 6.51. The van der Waals surface area contributed by atoms with Crippen LogP contribution in [0.4, 0.5) is 13.2 Å². The van der Waals surface area contributed by atoms with Crippen LogP contribution in [0.5, 0.6) is 0 Å². The van der Waals surface area contributed by atoms with Crippen molar-refractivity contribution in [2.45, 2.75) is 24.0 Å². The summed E-state index contributed by atoms with van der Waals surface area (Å²) in [7, 11) is -4.20. The van der Waals surface area contributed by atoms with Crippen LogP contribution < -0.4 is 5.73 Å². The van der Waals surface area contributed by atoms with Crippen LogP contribution in [-0.4, -0.2) is 69.1 Å². The van der Waals surface area contributed by atoms with E-state index in [1.165, 1.54) is 23.1 Å². The van der Waals surface area contributed by atoms with Crippen LogP contribution in [-0.2, 0) is 26.1 Å².